The van der Waals surface area contributed by atoms with E-state index in [1.807, 2.05) is 6.92 Å². The Bertz CT molecular complexity index is 427. The van der Waals surface area contributed by atoms with E-state index in [2.05, 4.69) is 17.1 Å². The van der Waals surface area contributed by atoms with E-state index in [9.17, 15) is 4.79 Å². The molecule has 1 aliphatic heterocycles. The summed E-state index contributed by atoms with van der Waals surface area (Å²) in [5, 5.41) is 9.56. The molecule has 0 aromatic carbocycles. The van der Waals surface area contributed by atoms with Crippen molar-refractivity contribution >= 4 is 22.4 Å². The first kappa shape index (κ1) is 13.4. The Balaban J connectivity index is 2.18. The van der Waals surface area contributed by atoms with Gasteiger partial charge < -0.3 is 4.74 Å². The Morgan fingerprint density at radius 2 is 2.11 bits per heavy atom. The minimum absolute atomic E-state index is 0.143. The van der Waals surface area contributed by atoms with E-state index in [1.165, 1.54) is 11.3 Å². The molecule has 1 fully saturated rings. The molecule has 5 nitrogen and oxygen atoms in total. The van der Waals surface area contributed by atoms with Gasteiger partial charge in [-0.25, -0.2) is 0 Å². The van der Waals surface area contributed by atoms with Crippen LogP contribution in [0.5, 0.6) is 0 Å². The minimum atomic E-state index is -0.285. The smallest absolute Gasteiger partial charge is 0.234 e. The maximum atomic E-state index is 12.7. The second-order valence-corrected chi connectivity index (χ2v) is 5.87. The predicted molar refractivity (Wildman–Crippen MR) is 70.8 cm³/mol. The highest BCUT2D eigenvalue weighted by Crippen LogP contribution is 2.37. The monoisotopic (exact) mass is 269 g/mol. The molecule has 0 atom stereocenters. The van der Waals surface area contributed by atoms with Crippen molar-refractivity contribution in [3.05, 3.63) is 5.01 Å². The molecule has 0 bridgehead atoms. The zero-order chi connectivity index (χ0) is 13.2. The molecule has 6 heteroatoms. The van der Waals surface area contributed by atoms with Crippen molar-refractivity contribution < 1.29 is 9.53 Å². The summed E-state index contributed by atoms with van der Waals surface area (Å²) in [4.78, 5) is 14.3. The van der Waals surface area contributed by atoms with Crippen LogP contribution < -0.4 is 4.90 Å². The standard InChI is InChI=1S/C12H19N3O2S/c1-4-12(5-7-17-8-6-12)10(16)15(3)11-14-13-9(2)18-11/h4-8H2,1-3H3. The maximum Gasteiger partial charge on any atom is 0.234 e. The Kier molecular flexibility index (Phi) is 3.97. The molecule has 18 heavy (non-hydrogen) atoms. The molecule has 1 aliphatic rings. The predicted octanol–water partition coefficient (Wildman–Crippen LogP) is 2.02. The Hall–Kier alpha value is -1.01. The number of hydrogen-bond acceptors (Lipinski definition) is 5. The molecule has 0 N–H and O–H groups in total. The Morgan fingerprint density at radius 3 is 2.61 bits per heavy atom. The van der Waals surface area contributed by atoms with Crippen molar-refractivity contribution in [2.45, 2.75) is 33.1 Å². The molecule has 1 saturated heterocycles. The first-order valence-electron chi connectivity index (χ1n) is 6.25. The summed E-state index contributed by atoms with van der Waals surface area (Å²) in [5.41, 5.74) is -0.285. The highest BCUT2D eigenvalue weighted by molar-refractivity contribution is 7.15. The number of aryl methyl sites for hydroxylation is 1. The van der Waals surface area contributed by atoms with Crippen LogP contribution >= 0.6 is 11.3 Å². The molecule has 2 heterocycles. The van der Waals surface area contributed by atoms with Gasteiger partial charge in [-0.05, 0) is 26.2 Å². The molecule has 0 radical (unpaired) electrons. The van der Waals surface area contributed by atoms with E-state index in [0.717, 1.165) is 24.3 Å². The Labute approximate surface area is 111 Å². The van der Waals surface area contributed by atoms with Crippen molar-refractivity contribution in [2.24, 2.45) is 5.41 Å². The topological polar surface area (TPSA) is 55.3 Å². The van der Waals surface area contributed by atoms with Gasteiger partial charge in [-0.1, -0.05) is 18.3 Å². The third-order valence-electron chi connectivity index (χ3n) is 3.69. The van der Waals surface area contributed by atoms with Crippen LogP contribution in [-0.4, -0.2) is 36.4 Å². The molecule has 0 unspecified atom stereocenters. The molecule has 0 aliphatic carbocycles. The van der Waals surface area contributed by atoms with Crippen LogP contribution in [0.1, 0.15) is 31.2 Å². The van der Waals surface area contributed by atoms with Crippen molar-refractivity contribution in [1.82, 2.24) is 10.2 Å². The van der Waals surface area contributed by atoms with Crippen LogP contribution in [0.15, 0.2) is 0 Å². The lowest BCUT2D eigenvalue weighted by molar-refractivity contribution is -0.133. The van der Waals surface area contributed by atoms with Gasteiger partial charge in [0.25, 0.3) is 0 Å². The normalized spacial score (nSPS) is 18.6. The summed E-state index contributed by atoms with van der Waals surface area (Å²) in [6.07, 6.45) is 2.44. The third-order valence-corrected chi connectivity index (χ3v) is 4.60. The van der Waals surface area contributed by atoms with E-state index < -0.39 is 0 Å². The fraction of sp³-hybridized carbons (Fsp3) is 0.750. The molecule has 0 spiro atoms. The zero-order valence-corrected chi connectivity index (χ0v) is 11.9. The number of aromatic nitrogens is 2. The lowest BCUT2D eigenvalue weighted by Crippen LogP contribution is -2.45. The Morgan fingerprint density at radius 1 is 1.44 bits per heavy atom. The van der Waals surface area contributed by atoms with Crippen LogP contribution in [0.25, 0.3) is 0 Å². The molecule has 1 amide bonds. The van der Waals surface area contributed by atoms with Gasteiger partial charge in [0, 0.05) is 20.3 Å². The van der Waals surface area contributed by atoms with Gasteiger partial charge in [0.2, 0.25) is 11.0 Å². The summed E-state index contributed by atoms with van der Waals surface area (Å²) in [7, 11) is 1.79. The van der Waals surface area contributed by atoms with E-state index >= 15 is 0 Å². The van der Waals surface area contributed by atoms with Crippen molar-refractivity contribution in [3.63, 3.8) is 0 Å². The molecular weight excluding hydrogens is 250 g/mol. The van der Waals surface area contributed by atoms with Gasteiger partial charge in [-0.3, -0.25) is 9.69 Å². The van der Waals surface area contributed by atoms with Gasteiger partial charge in [0.05, 0.1) is 5.41 Å². The molecule has 0 saturated carbocycles. The summed E-state index contributed by atoms with van der Waals surface area (Å²) >= 11 is 1.45. The molecule has 1 aromatic heterocycles. The largest absolute Gasteiger partial charge is 0.381 e. The number of hydrogen-bond donors (Lipinski definition) is 0. The SMILES string of the molecule is CCC1(C(=O)N(C)c2nnc(C)s2)CCOCC1. The van der Waals surface area contributed by atoms with Crippen LogP contribution in [0.3, 0.4) is 0 Å². The maximum absolute atomic E-state index is 12.7. The van der Waals surface area contributed by atoms with E-state index in [-0.39, 0.29) is 11.3 Å². The average molecular weight is 269 g/mol. The zero-order valence-electron chi connectivity index (χ0n) is 11.1. The number of rotatable bonds is 3. The van der Waals surface area contributed by atoms with E-state index in [0.29, 0.717) is 18.3 Å². The number of nitrogens with zero attached hydrogens (tertiary/aromatic N) is 3. The first-order chi connectivity index (χ1) is 8.59. The lowest BCUT2D eigenvalue weighted by Gasteiger charge is -2.37. The highest BCUT2D eigenvalue weighted by Gasteiger charge is 2.41. The van der Waals surface area contributed by atoms with Crippen molar-refractivity contribution in [2.75, 3.05) is 25.2 Å². The lowest BCUT2D eigenvalue weighted by atomic mass is 9.76. The van der Waals surface area contributed by atoms with Crippen LogP contribution in [0, 0.1) is 12.3 Å². The third kappa shape index (κ3) is 2.40. The van der Waals surface area contributed by atoms with E-state index in [4.69, 9.17) is 4.74 Å². The summed E-state index contributed by atoms with van der Waals surface area (Å²) in [5.74, 6) is 0.143. The van der Waals surface area contributed by atoms with Gasteiger partial charge in [0.1, 0.15) is 5.01 Å². The van der Waals surface area contributed by atoms with Crippen LogP contribution in [0.4, 0.5) is 5.13 Å². The molecule has 2 rings (SSSR count). The molecule has 1 aromatic rings. The quantitative estimate of drug-likeness (QED) is 0.842. The molecular formula is C12H19N3O2S. The fourth-order valence-electron chi connectivity index (χ4n) is 2.35. The number of ether oxygens (including phenoxy) is 1. The van der Waals surface area contributed by atoms with Gasteiger partial charge in [0.15, 0.2) is 0 Å². The first-order valence-corrected chi connectivity index (χ1v) is 7.07. The van der Waals surface area contributed by atoms with E-state index in [1.54, 1.807) is 11.9 Å². The number of carbonyl (C=O) groups is 1. The summed E-state index contributed by atoms with van der Waals surface area (Å²) in [6.45, 7) is 5.30. The second-order valence-electron chi connectivity index (χ2n) is 4.71. The van der Waals surface area contributed by atoms with Crippen molar-refractivity contribution in [3.8, 4) is 0 Å². The second kappa shape index (κ2) is 5.32. The van der Waals surface area contributed by atoms with Crippen molar-refractivity contribution in [1.29, 1.82) is 0 Å². The highest BCUT2D eigenvalue weighted by atomic mass is 32.1. The van der Waals surface area contributed by atoms with Gasteiger partial charge in [-0.15, -0.1) is 10.2 Å². The molecule has 100 valence electrons. The summed E-state index contributed by atoms with van der Waals surface area (Å²) < 4.78 is 5.37. The number of amides is 1. The summed E-state index contributed by atoms with van der Waals surface area (Å²) in [6, 6.07) is 0. The average Bonchev–Trinajstić information content (AvgIpc) is 2.84. The number of carbonyl (C=O) groups excluding carboxylic acids is 1. The minimum Gasteiger partial charge on any atom is -0.381 e. The van der Waals surface area contributed by atoms with Crippen LogP contribution in [-0.2, 0) is 9.53 Å². The van der Waals surface area contributed by atoms with Gasteiger partial charge >= 0.3 is 0 Å². The van der Waals surface area contributed by atoms with Gasteiger partial charge in [-0.2, -0.15) is 0 Å². The van der Waals surface area contributed by atoms with Crippen LogP contribution in [0.2, 0.25) is 0 Å². The number of anilines is 1. The fourth-order valence-corrected chi connectivity index (χ4v) is 2.99.